The number of anilines is 2. The lowest BCUT2D eigenvalue weighted by atomic mass is 10.2. The first-order valence-electron chi connectivity index (χ1n) is 9.84. The molecule has 0 unspecified atom stereocenters. The number of rotatable bonds is 3. The van der Waals surface area contributed by atoms with E-state index in [1.807, 2.05) is 41.0 Å². The molecule has 2 aromatic carbocycles. The molecule has 148 valence electrons. The Balaban J connectivity index is 1.36. The number of aromatic nitrogens is 3. The van der Waals surface area contributed by atoms with Crippen molar-refractivity contribution in [2.75, 3.05) is 18.5 Å². The van der Waals surface area contributed by atoms with E-state index in [1.165, 1.54) is 10.1 Å². The van der Waals surface area contributed by atoms with Crippen molar-refractivity contribution in [3.63, 3.8) is 0 Å². The maximum absolute atomic E-state index is 5.79. The fraction of sp³-hybridized carbons (Fsp3) is 0.130. The number of thiophene rings is 1. The van der Waals surface area contributed by atoms with Crippen LogP contribution >= 0.6 is 11.3 Å². The van der Waals surface area contributed by atoms with Gasteiger partial charge in [0.15, 0.2) is 23.0 Å². The lowest BCUT2D eigenvalue weighted by Gasteiger charge is -2.11. The van der Waals surface area contributed by atoms with E-state index in [1.54, 1.807) is 11.3 Å². The molecule has 0 bridgehead atoms. The fourth-order valence-electron chi connectivity index (χ4n) is 3.61. The van der Waals surface area contributed by atoms with Gasteiger partial charge in [-0.2, -0.15) is 0 Å². The standard InChI is InChI=1S/C23H18N4O2S/c1-2-5-20-15(4-1)12-21(30-20)17-14-24-23-9-8-22(26-27(17)23)25-16-6-7-18-19(13-16)29-11-3-10-28-18/h1-2,4-9,12-14H,3,10-11H2,(H,25,26). The van der Waals surface area contributed by atoms with Crippen LogP contribution in [-0.2, 0) is 0 Å². The largest absolute Gasteiger partial charge is 0.490 e. The fourth-order valence-corrected chi connectivity index (χ4v) is 4.66. The number of hydrogen-bond acceptors (Lipinski definition) is 6. The molecule has 0 atom stereocenters. The monoisotopic (exact) mass is 414 g/mol. The summed E-state index contributed by atoms with van der Waals surface area (Å²) in [6.45, 7) is 1.34. The van der Waals surface area contributed by atoms with Gasteiger partial charge in [0, 0.05) is 22.9 Å². The summed E-state index contributed by atoms with van der Waals surface area (Å²) in [6, 6.07) is 20.3. The lowest BCUT2D eigenvalue weighted by Crippen LogP contribution is -2.00. The van der Waals surface area contributed by atoms with Gasteiger partial charge in [0.1, 0.15) is 5.69 Å². The average Bonchev–Trinajstić information content (AvgIpc) is 3.30. The van der Waals surface area contributed by atoms with E-state index in [4.69, 9.17) is 14.6 Å². The molecular weight excluding hydrogens is 396 g/mol. The highest BCUT2D eigenvalue weighted by Crippen LogP contribution is 2.35. The van der Waals surface area contributed by atoms with Crippen molar-refractivity contribution in [1.82, 2.24) is 14.6 Å². The van der Waals surface area contributed by atoms with Crippen LogP contribution in [0.3, 0.4) is 0 Å². The second-order valence-corrected chi connectivity index (χ2v) is 8.20. The molecule has 0 saturated carbocycles. The molecule has 0 saturated heterocycles. The van der Waals surface area contributed by atoms with E-state index in [2.05, 4.69) is 40.6 Å². The van der Waals surface area contributed by atoms with Crippen LogP contribution < -0.4 is 14.8 Å². The maximum Gasteiger partial charge on any atom is 0.163 e. The van der Waals surface area contributed by atoms with Crippen LogP contribution in [0.15, 0.2) is 66.9 Å². The molecule has 4 heterocycles. The van der Waals surface area contributed by atoms with E-state index in [0.29, 0.717) is 13.2 Å². The Morgan fingerprint density at radius 3 is 2.77 bits per heavy atom. The van der Waals surface area contributed by atoms with Crippen molar-refractivity contribution in [2.45, 2.75) is 6.42 Å². The van der Waals surface area contributed by atoms with E-state index >= 15 is 0 Å². The summed E-state index contributed by atoms with van der Waals surface area (Å²) in [5.74, 6) is 2.27. The van der Waals surface area contributed by atoms with Gasteiger partial charge >= 0.3 is 0 Å². The second-order valence-electron chi connectivity index (χ2n) is 7.12. The van der Waals surface area contributed by atoms with Gasteiger partial charge in [0.25, 0.3) is 0 Å². The zero-order valence-electron chi connectivity index (χ0n) is 16.0. The predicted octanol–water partition coefficient (Wildman–Crippen LogP) is 5.52. The third kappa shape index (κ3) is 3.04. The molecule has 0 amide bonds. The molecule has 30 heavy (non-hydrogen) atoms. The van der Waals surface area contributed by atoms with Crippen LogP contribution in [0, 0.1) is 0 Å². The number of nitrogens with one attached hydrogen (secondary N) is 1. The average molecular weight is 414 g/mol. The van der Waals surface area contributed by atoms with Gasteiger partial charge in [-0.3, -0.25) is 0 Å². The van der Waals surface area contributed by atoms with Crippen LogP contribution in [0.2, 0.25) is 0 Å². The van der Waals surface area contributed by atoms with Crippen molar-refractivity contribution in [2.24, 2.45) is 0 Å². The zero-order valence-corrected chi connectivity index (χ0v) is 16.9. The molecule has 1 aliphatic heterocycles. The number of hydrogen-bond donors (Lipinski definition) is 1. The van der Waals surface area contributed by atoms with Gasteiger partial charge in [-0.15, -0.1) is 16.4 Å². The van der Waals surface area contributed by atoms with E-state index < -0.39 is 0 Å². The molecule has 0 spiro atoms. The lowest BCUT2D eigenvalue weighted by molar-refractivity contribution is 0.297. The molecular formula is C23H18N4O2S. The second kappa shape index (κ2) is 7.03. The van der Waals surface area contributed by atoms with Crippen molar-refractivity contribution in [3.05, 3.63) is 66.9 Å². The summed E-state index contributed by atoms with van der Waals surface area (Å²) in [7, 11) is 0. The van der Waals surface area contributed by atoms with Crippen molar-refractivity contribution in [3.8, 4) is 22.1 Å². The summed E-state index contributed by atoms with van der Waals surface area (Å²) in [5, 5.41) is 9.39. The van der Waals surface area contributed by atoms with Gasteiger partial charge in [-0.1, -0.05) is 18.2 Å². The smallest absolute Gasteiger partial charge is 0.163 e. The molecule has 0 fully saturated rings. The Morgan fingerprint density at radius 1 is 0.933 bits per heavy atom. The van der Waals surface area contributed by atoms with E-state index in [0.717, 1.165) is 45.6 Å². The highest BCUT2D eigenvalue weighted by molar-refractivity contribution is 7.22. The Kier molecular flexibility index (Phi) is 4.06. The van der Waals surface area contributed by atoms with Gasteiger partial charge in [-0.05, 0) is 41.8 Å². The molecule has 6 rings (SSSR count). The minimum absolute atomic E-state index is 0.661. The molecule has 0 radical (unpaired) electrons. The highest BCUT2D eigenvalue weighted by atomic mass is 32.1. The van der Waals surface area contributed by atoms with Crippen molar-refractivity contribution >= 4 is 38.6 Å². The SMILES string of the molecule is c1ccc2sc(-c3cnc4ccc(Nc5ccc6c(c5)OCCCO6)nn34)cc2c1. The first-order chi connectivity index (χ1) is 14.8. The number of nitrogens with zero attached hydrogens (tertiary/aromatic N) is 3. The van der Waals surface area contributed by atoms with Crippen LogP contribution in [-0.4, -0.2) is 27.8 Å². The molecule has 1 aliphatic rings. The summed E-state index contributed by atoms with van der Waals surface area (Å²) < 4.78 is 14.6. The Bertz CT molecular complexity index is 1340. The van der Waals surface area contributed by atoms with E-state index in [-0.39, 0.29) is 0 Å². The Morgan fingerprint density at radius 2 is 1.83 bits per heavy atom. The zero-order chi connectivity index (χ0) is 19.9. The Hall–Kier alpha value is -3.58. The minimum atomic E-state index is 0.661. The van der Waals surface area contributed by atoms with Crippen molar-refractivity contribution < 1.29 is 9.47 Å². The minimum Gasteiger partial charge on any atom is -0.490 e. The normalized spacial score (nSPS) is 13.5. The number of fused-ring (bicyclic) bond motifs is 3. The van der Waals surface area contributed by atoms with Crippen LogP contribution in [0.25, 0.3) is 26.3 Å². The number of imidazole rings is 1. The van der Waals surface area contributed by atoms with Gasteiger partial charge in [0.05, 0.1) is 24.3 Å². The summed E-state index contributed by atoms with van der Waals surface area (Å²) >= 11 is 1.75. The van der Waals surface area contributed by atoms with Crippen LogP contribution in [0.5, 0.6) is 11.5 Å². The van der Waals surface area contributed by atoms with Crippen LogP contribution in [0.4, 0.5) is 11.5 Å². The van der Waals surface area contributed by atoms with Gasteiger partial charge in [-0.25, -0.2) is 9.50 Å². The molecule has 5 aromatic rings. The molecule has 6 nitrogen and oxygen atoms in total. The van der Waals surface area contributed by atoms with E-state index in [9.17, 15) is 0 Å². The number of benzene rings is 2. The maximum atomic E-state index is 5.79. The van der Waals surface area contributed by atoms with Crippen LogP contribution in [0.1, 0.15) is 6.42 Å². The topological polar surface area (TPSA) is 60.7 Å². The molecule has 7 heteroatoms. The Labute approximate surface area is 176 Å². The van der Waals surface area contributed by atoms with Gasteiger partial charge in [0.2, 0.25) is 0 Å². The summed E-state index contributed by atoms with van der Waals surface area (Å²) in [6.07, 6.45) is 2.77. The molecule has 1 N–H and O–H groups in total. The van der Waals surface area contributed by atoms with Gasteiger partial charge < -0.3 is 14.8 Å². The summed E-state index contributed by atoms with van der Waals surface area (Å²) in [5.41, 5.74) is 2.69. The van der Waals surface area contributed by atoms with Crippen molar-refractivity contribution in [1.29, 1.82) is 0 Å². The first kappa shape index (κ1) is 17.3. The third-order valence-electron chi connectivity index (χ3n) is 5.06. The number of ether oxygens (including phenoxy) is 2. The molecule has 3 aromatic heterocycles. The summed E-state index contributed by atoms with van der Waals surface area (Å²) in [4.78, 5) is 5.67. The quantitative estimate of drug-likeness (QED) is 0.421. The first-order valence-corrected chi connectivity index (χ1v) is 10.7. The highest BCUT2D eigenvalue weighted by Gasteiger charge is 2.13. The third-order valence-corrected chi connectivity index (χ3v) is 6.20. The molecule has 0 aliphatic carbocycles. The predicted molar refractivity (Wildman–Crippen MR) is 119 cm³/mol.